The van der Waals surface area contributed by atoms with Crippen LogP contribution in [0, 0.1) is 0 Å². The van der Waals surface area contributed by atoms with Gasteiger partial charge in [0, 0.05) is 5.92 Å². The number of hydrogen-bond donors (Lipinski definition) is 2. The van der Waals surface area contributed by atoms with Crippen LogP contribution >= 0.6 is 0 Å². The maximum atomic E-state index is 12.4. The minimum Gasteiger partial charge on any atom is -0.508 e. The topological polar surface area (TPSA) is 66.8 Å². The molecule has 2 N–H and O–H groups in total. The lowest BCUT2D eigenvalue weighted by Crippen LogP contribution is -2.12. The molecule has 4 heteroatoms. The molecule has 2 aromatic carbocycles. The van der Waals surface area contributed by atoms with Crippen LogP contribution in [0.15, 0.2) is 48.5 Å². The zero-order valence-electron chi connectivity index (χ0n) is 18.2. The minimum atomic E-state index is -0.222. The van der Waals surface area contributed by atoms with Crippen LogP contribution < -0.4 is 0 Å². The van der Waals surface area contributed by atoms with E-state index in [1.807, 2.05) is 24.3 Å². The van der Waals surface area contributed by atoms with Gasteiger partial charge in [-0.3, -0.25) is 4.79 Å². The molecule has 0 aromatic heterocycles. The number of benzene rings is 2. The van der Waals surface area contributed by atoms with Gasteiger partial charge in [-0.25, -0.2) is 0 Å². The van der Waals surface area contributed by atoms with Gasteiger partial charge in [-0.15, -0.1) is 0 Å². The summed E-state index contributed by atoms with van der Waals surface area (Å²) in [5, 5.41) is 19.1. The molecule has 0 saturated heterocycles. The fourth-order valence-corrected chi connectivity index (χ4v) is 3.67. The Labute approximate surface area is 180 Å². The molecule has 2 aromatic rings. The Morgan fingerprint density at radius 2 is 1.17 bits per heavy atom. The summed E-state index contributed by atoms with van der Waals surface area (Å²) in [6, 6.07) is 13.8. The fraction of sp³-hybridized carbons (Fsp3) is 0.500. The highest BCUT2D eigenvalue weighted by atomic mass is 16.5. The fourth-order valence-electron chi connectivity index (χ4n) is 3.67. The molecule has 164 valence electrons. The predicted molar refractivity (Wildman–Crippen MR) is 121 cm³/mol. The van der Waals surface area contributed by atoms with Crippen molar-refractivity contribution < 1.29 is 19.7 Å². The van der Waals surface area contributed by atoms with Crippen molar-refractivity contribution in [2.24, 2.45) is 0 Å². The first-order valence-electron chi connectivity index (χ1n) is 11.3. The highest BCUT2D eigenvalue weighted by Crippen LogP contribution is 2.30. The first kappa shape index (κ1) is 23.8. The second-order valence-electron chi connectivity index (χ2n) is 7.99. The van der Waals surface area contributed by atoms with E-state index in [0.29, 0.717) is 6.61 Å². The third-order valence-corrected chi connectivity index (χ3v) is 5.47. The maximum absolute atomic E-state index is 12.4. The number of phenolic OH excluding ortho intramolecular Hbond substituents is 2. The van der Waals surface area contributed by atoms with Gasteiger partial charge in [0.25, 0.3) is 0 Å². The third kappa shape index (κ3) is 8.89. The Bertz CT molecular complexity index is 676. The summed E-state index contributed by atoms with van der Waals surface area (Å²) in [5.74, 6) is -0.0187. The Hall–Kier alpha value is -2.49. The molecule has 0 aliphatic carbocycles. The van der Waals surface area contributed by atoms with Gasteiger partial charge in [0.15, 0.2) is 0 Å². The summed E-state index contributed by atoms with van der Waals surface area (Å²) >= 11 is 0. The van der Waals surface area contributed by atoms with Gasteiger partial charge in [-0.05, 0) is 41.8 Å². The van der Waals surface area contributed by atoms with Crippen LogP contribution in [-0.2, 0) is 9.53 Å². The number of rotatable bonds is 14. The van der Waals surface area contributed by atoms with Gasteiger partial charge in [0.1, 0.15) is 11.5 Å². The maximum Gasteiger partial charge on any atom is 0.306 e. The monoisotopic (exact) mass is 412 g/mol. The number of ether oxygens (including phenoxy) is 1. The normalized spacial score (nSPS) is 11.0. The molecule has 0 atom stereocenters. The molecular weight excluding hydrogens is 376 g/mol. The van der Waals surface area contributed by atoms with Gasteiger partial charge in [0.2, 0.25) is 0 Å². The molecule has 0 radical (unpaired) electrons. The number of unbranched alkanes of at least 4 members (excludes halogenated alkanes) is 8. The Kier molecular flexibility index (Phi) is 10.8. The molecule has 30 heavy (non-hydrogen) atoms. The lowest BCUT2D eigenvalue weighted by atomic mass is 9.88. The summed E-state index contributed by atoms with van der Waals surface area (Å²) < 4.78 is 5.48. The van der Waals surface area contributed by atoms with Crippen LogP contribution in [0.1, 0.15) is 88.2 Å². The highest BCUT2D eigenvalue weighted by Gasteiger charge is 2.19. The zero-order chi connectivity index (χ0) is 21.6. The van der Waals surface area contributed by atoms with E-state index in [-0.39, 0.29) is 29.8 Å². The van der Waals surface area contributed by atoms with Gasteiger partial charge < -0.3 is 14.9 Å². The first-order valence-corrected chi connectivity index (χ1v) is 11.3. The largest absolute Gasteiger partial charge is 0.508 e. The molecule has 0 fully saturated rings. The van der Waals surface area contributed by atoms with E-state index < -0.39 is 0 Å². The zero-order valence-corrected chi connectivity index (χ0v) is 18.2. The van der Waals surface area contributed by atoms with Crippen LogP contribution in [0.4, 0.5) is 0 Å². The average Bonchev–Trinajstić information content (AvgIpc) is 2.75. The number of esters is 1. The van der Waals surface area contributed by atoms with Crippen molar-refractivity contribution in [2.75, 3.05) is 6.61 Å². The van der Waals surface area contributed by atoms with Crippen molar-refractivity contribution in [3.63, 3.8) is 0 Å². The van der Waals surface area contributed by atoms with Crippen molar-refractivity contribution in [3.05, 3.63) is 59.7 Å². The van der Waals surface area contributed by atoms with E-state index in [0.717, 1.165) is 24.0 Å². The van der Waals surface area contributed by atoms with Crippen LogP contribution in [0.5, 0.6) is 11.5 Å². The van der Waals surface area contributed by atoms with E-state index in [1.165, 1.54) is 44.9 Å². The summed E-state index contributed by atoms with van der Waals surface area (Å²) in [5.41, 5.74) is 1.86. The van der Waals surface area contributed by atoms with E-state index in [9.17, 15) is 15.0 Å². The highest BCUT2D eigenvalue weighted by molar-refractivity contribution is 5.71. The molecular formula is C26H36O4. The molecule has 4 nitrogen and oxygen atoms in total. The standard InChI is InChI=1S/C26H36O4/c1-2-3-4-5-6-7-8-9-10-19-30-26(29)20-25(21-11-15-23(27)16-12-21)22-13-17-24(28)18-14-22/h11-18,25,27-28H,2-10,19-20H2,1H3. The van der Waals surface area contributed by atoms with E-state index in [2.05, 4.69) is 6.92 Å². The smallest absolute Gasteiger partial charge is 0.306 e. The van der Waals surface area contributed by atoms with Gasteiger partial charge in [-0.2, -0.15) is 0 Å². The van der Waals surface area contributed by atoms with Crippen LogP contribution in [0.2, 0.25) is 0 Å². The Morgan fingerprint density at radius 1 is 0.733 bits per heavy atom. The van der Waals surface area contributed by atoms with Gasteiger partial charge in [0.05, 0.1) is 13.0 Å². The minimum absolute atomic E-state index is 0.179. The second-order valence-corrected chi connectivity index (χ2v) is 7.99. The van der Waals surface area contributed by atoms with E-state index >= 15 is 0 Å². The van der Waals surface area contributed by atoms with Crippen molar-refractivity contribution in [1.82, 2.24) is 0 Å². The summed E-state index contributed by atoms with van der Waals surface area (Å²) in [6.45, 7) is 2.70. The SMILES string of the molecule is CCCCCCCCCCCOC(=O)CC(c1ccc(O)cc1)c1ccc(O)cc1. The van der Waals surface area contributed by atoms with Crippen molar-refractivity contribution in [1.29, 1.82) is 0 Å². The van der Waals surface area contributed by atoms with Crippen LogP contribution in [-0.4, -0.2) is 22.8 Å². The quantitative estimate of drug-likeness (QED) is 0.268. The van der Waals surface area contributed by atoms with Gasteiger partial charge in [-0.1, -0.05) is 82.6 Å². The Balaban J connectivity index is 1.76. The second kappa shape index (κ2) is 13.7. The first-order chi connectivity index (χ1) is 14.6. The third-order valence-electron chi connectivity index (χ3n) is 5.47. The van der Waals surface area contributed by atoms with Crippen molar-refractivity contribution in [2.45, 2.75) is 77.0 Å². The van der Waals surface area contributed by atoms with Crippen molar-refractivity contribution >= 4 is 5.97 Å². The molecule has 0 unspecified atom stereocenters. The number of aromatic hydroxyl groups is 2. The average molecular weight is 413 g/mol. The number of hydrogen-bond acceptors (Lipinski definition) is 4. The molecule has 0 amide bonds. The lowest BCUT2D eigenvalue weighted by Gasteiger charge is -2.18. The summed E-state index contributed by atoms with van der Waals surface area (Å²) in [7, 11) is 0. The summed E-state index contributed by atoms with van der Waals surface area (Å²) in [4.78, 5) is 12.4. The molecule has 0 heterocycles. The molecule has 0 bridgehead atoms. The lowest BCUT2D eigenvalue weighted by molar-refractivity contribution is -0.144. The molecule has 0 saturated carbocycles. The van der Waals surface area contributed by atoms with Crippen LogP contribution in [0.3, 0.4) is 0 Å². The predicted octanol–water partition coefficient (Wildman–Crippen LogP) is 6.69. The van der Waals surface area contributed by atoms with Crippen molar-refractivity contribution in [3.8, 4) is 11.5 Å². The number of carbonyl (C=O) groups excluding carboxylic acids is 1. The van der Waals surface area contributed by atoms with E-state index in [4.69, 9.17) is 4.74 Å². The summed E-state index contributed by atoms with van der Waals surface area (Å²) in [6.07, 6.45) is 11.3. The van der Waals surface area contributed by atoms with Gasteiger partial charge >= 0.3 is 5.97 Å². The number of phenols is 2. The molecule has 0 spiro atoms. The molecule has 2 rings (SSSR count). The molecule has 0 aliphatic heterocycles. The van der Waals surface area contributed by atoms with Crippen LogP contribution in [0.25, 0.3) is 0 Å². The van der Waals surface area contributed by atoms with E-state index in [1.54, 1.807) is 24.3 Å². The molecule has 0 aliphatic rings. The number of carbonyl (C=O) groups is 1. The Morgan fingerprint density at radius 3 is 1.63 bits per heavy atom.